The lowest BCUT2D eigenvalue weighted by molar-refractivity contribution is -0.133. The number of pyridine rings is 1. The molecule has 0 amide bonds. The van der Waals surface area contributed by atoms with Gasteiger partial charge >= 0.3 is 5.97 Å². The zero-order chi connectivity index (χ0) is 13.1. The minimum absolute atomic E-state index is 0.246. The zero-order valence-electron chi connectivity index (χ0n) is 9.92. The van der Waals surface area contributed by atoms with E-state index in [-0.39, 0.29) is 11.5 Å². The second-order valence-corrected chi connectivity index (χ2v) is 5.52. The van der Waals surface area contributed by atoms with Crippen LogP contribution in [-0.4, -0.2) is 26.0 Å². The molecule has 18 heavy (non-hydrogen) atoms. The van der Waals surface area contributed by atoms with Gasteiger partial charge in [0.25, 0.3) is 0 Å². The van der Waals surface area contributed by atoms with Crippen molar-refractivity contribution in [2.45, 2.75) is 12.7 Å². The smallest absolute Gasteiger partial charge is 0.316 e. The molecule has 1 heterocycles. The average molecular weight is 263 g/mol. The van der Waals surface area contributed by atoms with Crippen molar-refractivity contribution >= 4 is 27.7 Å². The third kappa shape index (κ3) is 2.92. The van der Waals surface area contributed by atoms with E-state index in [1.165, 1.54) is 0 Å². The fourth-order valence-electron chi connectivity index (χ4n) is 1.88. The molecular weight excluding hydrogens is 250 g/mol. The average Bonchev–Trinajstić information content (AvgIpc) is 2.27. The van der Waals surface area contributed by atoms with E-state index in [2.05, 4.69) is 4.98 Å². The number of hydrogen-bond acceptors (Lipinski definition) is 3. The molecule has 1 aromatic heterocycles. The molecule has 2 rings (SSSR count). The number of rotatable bonds is 4. The molecule has 0 bridgehead atoms. The van der Waals surface area contributed by atoms with E-state index in [1.54, 1.807) is 0 Å². The van der Waals surface area contributed by atoms with Crippen molar-refractivity contribution in [3.05, 3.63) is 41.6 Å². The first kappa shape index (κ1) is 12.7. The van der Waals surface area contributed by atoms with E-state index < -0.39 is 16.8 Å². The lowest BCUT2D eigenvalue weighted by atomic mass is 10.1. The highest BCUT2D eigenvalue weighted by molar-refractivity contribution is 7.84. The Kier molecular flexibility index (Phi) is 3.72. The Morgan fingerprint density at radius 3 is 2.83 bits per heavy atom. The van der Waals surface area contributed by atoms with Gasteiger partial charge in [0, 0.05) is 27.6 Å². The normalized spacial score (nSPS) is 12.5. The molecule has 1 aromatic carbocycles. The van der Waals surface area contributed by atoms with Crippen molar-refractivity contribution in [2.75, 3.05) is 5.75 Å². The summed E-state index contributed by atoms with van der Waals surface area (Å²) >= 11 is 0. The number of carbonyl (C=O) groups is 1. The third-order valence-corrected chi connectivity index (χ3v) is 3.73. The molecule has 0 radical (unpaired) electrons. The largest absolute Gasteiger partial charge is 0.481 e. The standard InChI is InChI=1S/C13H13NO3S/c1-9-6-10(7-18(17)8-13(15)16)11-4-2-3-5-12(11)14-9/h2-6H,7-8H2,1H3,(H,15,16). The first-order valence-corrected chi connectivity index (χ1v) is 6.97. The summed E-state index contributed by atoms with van der Waals surface area (Å²) < 4.78 is 11.7. The topological polar surface area (TPSA) is 67.3 Å². The first-order valence-electron chi connectivity index (χ1n) is 5.48. The monoisotopic (exact) mass is 263 g/mol. The fourth-order valence-corrected chi connectivity index (χ4v) is 2.84. The van der Waals surface area contributed by atoms with Gasteiger partial charge in [-0.15, -0.1) is 0 Å². The number of benzene rings is 1. The minimum Gasteiger partial charge on any atom is -0.481 e. The Hall–Kier alpha value is -1.75. The molecule has 1 atom stereocenters. The van der Waals surface area contributed by atoms with Crippen LogP contribution in [0.4, 0.5) is 0 Å². The Morgan fingerprint density at radius 2 is 2.11 bits per heavy atom. The van der Waals surface area contributed by atoms with Gasteiger partial charge in [0.1, 0.15) is 5.75 Å². The van der Waals surface area contributed by atoms with E-state index in [1.807, 2.05) is 37.3 Å². The molecule has 0 aliphatic carbocycles. The molecule has 0 aliphatic heterocycles. The first-order chi connectivity index (χ1) is 8.56. The molecule has 94 valence electrons. The Balaban J connectivity index is 2.38. The zero-order valence-corrected chi connectivity index (χ0v) is 10.7. The molecule has 4 nitrogen and oxygen atoms in total. The van der Waals surface area contributed by atoms with Gasteiger partial charge in [0.15, 0.2) is 0 Å². The summed E-state index contributed by atoms with van der Waals surface area (Å²) in [4.78, 5) is 14.9. The van der Waals surface area contributed by atoms with Crippen LogP contribution in [-0.2, 0) is 21.3 Å². The van der Waals surface area contributed by atoms with E-state index in [9.17, 15) is 9.00 Å². The quantitative estimate of drug-likeness (QED) is 0.914. The van der Waals surface area contributed by atoms with E-state index in [4.69, 9.17) is 5.11 Å². The van der Waals surface area contributed by atoms with Gasteiger partial charge in [0.2, 0.25) is 0 Å². The van der Waals surface area contributed by atoms with Gasteiger partial charge in [-0.1, -0.05) is 18.2 Å². The maximum Gasteiger partial charge on any atom is 0.316 e. The number of para-hydroxylation sites is 1. The summed E-state index contributed by atoms with van der Waals surface area (Å²) in [6.07, 6.45) is 0. The summed E-state index contributed by atoms with van der Waals surface area (Å²) in [6.45, 7) is 1.87. The molecule has 0 saturated carbocycles. The minimum atomic E-state index is -1.39. The lowest BCUT2D eigenvalue weighted by Crippen LogP contribution is -2.11. The van der Waals surface area contributed by atoms with Gasteiger partial charge in [-0.25, -0.2) is 0 Å². The maximum atomic E-state index is 11.7. The number of carboxylic acid groups (broad SMARTS) is 1. The lowest BCUT2D eigenvalue weighted by Gasteiger charge is -2.07. The molecule has 2 aromatic rings. The number of nitrogens with zero attached hydrogens (tertiary/aromatic N) is 1. The molecule has 0 aliphatic rings. The molecule has 5 heteroatoms. The van der Waals surface area contributed by atoms with Crippen molar-refractivity contribution in [3.63, 3.8) is 0 Å². The molecule has 1 unspecified atom stereocenters. The number of carboxylic acids is 1. The molecule has 0 spiro atoms. The van der Waals surface area contributed by atoms with Crippen molar-refractivity contribution in [1.82, 2.24) is 4.98 Å². The molecular formula is C13H13NO3S. The van der Waals surface area contributed by atoms with Crippen LogP contribution in [0.1, 0.15) is 11.3 Å². The van der Waals surface area contributed by atoms with Crippen LogP contribution in [0, 0.1) is 6.92 Å². The van der Waals surface area contributed by atoms with Crippen LogP contribution in [0.15, 0.2) is 30.3 Å². The van der Waals surface area contributed by atoms with Crippen LogP contribution in [0.5, 0.6) is 0 Å². The van der Waals surface area contributed by atoms with E-state index in [0.717, 1.165) is 22.2 Å². The molecule has 0 fully saturated rings. The van der Waals surface area contributed by atoms with Crippen LogP contribution >= 0.6 is 0 Å². The predicted octanol–water partition coefficient (Wildman–Crippen LogP) is 1.88. The Bertz CT molecular complexity index is 625. The van der Waals surface area contributed by atoms with Crippen LogP contribution < -0.4 is 0 Å². The number of aliphatic carboxylic acids is 1. The van der Waals surface area contributed by atoms with E-state index >= 15 is 0 Å². The highest BCUT2D eigenvalue weighted by atomic mass is 32.2. The van der Waals surface area contributed by atoms with Crippen molar-refractivity contribution < 1.29 is 14.1 Å². The summed E-state index contributed by atoms with van der Waals surface area (Å²) in [5, 5.41) is 9.56. The highest BCUT2D eigenvalue weighted by Crippen LogP contribution is 2.19. The number of aromatic nitrogens is 1. The SMILES string of the molecule is Cc1cc(CS(=O)CC(=O)O)c2ccccc2n1. The molecule has 1 N–H and O–H groups in total. The van der Waals surface area contributed by atoms with Gasteiger partial charge in [-0.3, -0.25) is 14.0 Å². The second-order valence-electron chi connectivity index (χ2n) is 4.06. The van der Waals surface area contributed by atoms with Crippen molar-refractivity contribution in [1.29, 1.82) is 0 Å². The summed E-state index contributed by atoms with van der Waals surface area (Å²) in [6, 6.07) is 9.46. The van der Waals surface area contributed by atoms with Crippen molar-refractivity contribution in [3.8, 4) is 0 Å². The van der Waals surface area contributed by atoms with Gasteiger partial charge in [-0.05, 0) is 24.6 Å². The van der Waals surface area contributed by atoms with E-state index in [0.29, 0.717) is 0 Å². The predicted molar refractivity (Wildman–Crippen MR) is 70.8 cm³/mol. The third-order valence-electron chi connectivity index (χ3n) is 2.53. The summed E-state index contributed by atoms with van der Waals surface area (Å²) in [7, 11) is -1.39. The number of fused-ring (bicyclic) bond motifs is 1. The van der Waals surface area contributed by atoms with Gasteiger partial charge in [-0.2, -0.15) is 0 Å². The Morgan fingerprint density at radius 1 is 1.39 bits per heavy atom. The van der Waals surface area contributed by atoms with Gasteiger partial charge < -0.3 is 5.11 Å². The second kappa shape index (κ2) is 5.27. The van der Waals surface area contributed by atoms with Crippen LogP contribution in [0.2, 0.25) is 0 Å². The maximum absolute atomic E-state index is 11.7. The summed E-state index contributed by atoms with van der Waals surface area (Å²) in [5.41, 5.74) is 2.58. The van der Waals surface area contributed by atoms with Gasteiger partial charge in [0.05, 0.1) is 5.52 Å². The number of hydrogen-bond donors (Lipinski definition) is 1. The summed E-state index contributed by atoms with van der Waals surface area (Å²) in [5.74, 6) is -1.12. The molecule has 0 saturated heterocycles. The highest BCUT2D eigenvalue weighted by Gasteiger charge is 2.10. The van der Waals surface area contributed by atoms with Crippen LogP contribution in [0.3, 0.4) is 0 Å². The van der Waals surface area contributed by atoms with Crippen LogP contribution in [0.25, 0.3) is 10.9 Å². The Labute approximate surface area is 107 Å². The van der Waals surface area contributed by atoms with Crippen molar-refractivity contribution in [2.24, 2.45) is 0 Å². The number of aryl methyl sites for hydroxylation is 1. The fraction of sp³-hybridized carbons (Fsp3) is 0.231.